The molecule has 2 rings (SSSR count). The van der Waals surface area contributed by atoms with E-state index in [-0.39, 0.29) is 18.3 Å². The van der Waals surface area contributed by atoms with Crippen LogP contribution in [0.1, 0.15) is 27.5 Å². The molecule has 2 aromatic rings. The predicted octanol–water partition coefficient (Wildman–Crippen LogP) is 1.99. The molecular formula is C14H15FN2O2S. The summed E-state index contributed by atoms with van der Waals surface area (Å²) in [5.74, 6) is -0.527. The fraction of sp³-hybridized carbons (Fsp3) is 0.286. The van der Waals surface area contributed by atoms with Crippen LogP contribution >= 0.6 is 11.3 Å². The Morgan fingerprint density at radius 1 is 1.45 bits per heavy atom. The molecule has 1 heterocycles. The van der Waals surface area contributed by atoms with Crippen LogP contribution in [0.4, 0.5) is 4.39 Å². The van der Waals surface area contributed by atoms with Crippen LogP contribution in [0.15, 0.2) is 29.6 Å². The second kappa shape index (κ2) is 7.12. The molecule has 4 nitrogen and oxygen atoms in total. The van der Waals surface area contributed by atoms with Crippen LogP contribution in [-0.4, -0.2) is 29.1 Å². The summed E-state index contributed by atoms with van der Waals surface area (Å²) in [6.45, 7) is 0.467. The lowest BCUT2D eigenvalue weighted by Crippen LogP contribution is -2.25. The number of aliphatic hydroxyl groups is 1. The molecule has 0 unspecified atom stereocenters. The van der Waals surface area contributed by atoms with Crippen molar-refractivity contribution in [1.29, 1.82) is 0 Å². The first-order chi connectivity index (χ1) is 9.69. The van der Waals surface area contributed by atoms with Crippen LogP contribution < -0.4 is 5.32 Å². The van der Waals surface area contributed by atoms with Crippen molar-refractivity contribution in [3.8, 4) is 0 Å². The summed E-state index contributed by atoms with van der Waals surface area (Å²) in [5.41, 5.74) is 1.19. The van der Waals surface area contributed by atoms with Gasteiger partial charge in [-0.2, -0.15) is 0 Å². The van der Waals surface area contributed by atoms with Crippen molar-refractivity contribution in [1.82, 2.24) is 10.3 Å². The zero-order chi connectivity index (χ0) is 14.4. The topological polar surface area (TPSA) is 62.2 Å². The number of rotatable bonds is 6. The normalized spacial score (nSPS) is 10.5. The molecular weight excluding hydrogens is 279 g/mol. The van der Waals surface area contributed by atoms with E-state index in [2.05, 4.69) is 10.3 Å². The first-order valence-corrected chi connectivity index (χ1v) is 7.15. The summed E-state index contributed by atoms with van der Waals surface area (Å²) < 4.78 is 13.1. The molecule has 0 aliphatic carbocycles. The minimum atomic E-state index is -0.277. The Morgan fingerprint density at radius 2 is 2.30 bits per heavy atom. The number of nitrogens with one attached hydrogen (secondary N) is 1. The smallest absolute Gasteiger partial charge is 0.270 e. The summed E-state index contributed by atoms with van der Waals surface area (Å²) in [7, 11) is 0. The van der Waals surface area contributed by atoms with E-state index in [0.717, 1.165) is 10.6 Å². The van der Waals surface area contributed by atoms with E-state index in [1.165, 1.54) is 23.5 Å². The highest BCUT2D eigenvalue weighted by molar-refractivity contribution is 7.09. The number of halogens is 1. The molecule has 6 heteroatoms. The van der Waals surface area contributed by atoms with Crippen LogP contribution in [0.3, 0.4) is 0 Å². The minimum absolute atomic E-state index is 0.0438. The van der Waals surface area contributed by atoms with Crippen molar-refractivity contribution in [3.63, 3.8) is 0 Å². The van der Waals surface area contributed by atoms with Crippen LogP contribution in [0, 0.1) is 5.82 Å². The predicted molar refractivity (Wildman–Crippen MR) is 75.4 cm³/mol. The lowest BCUT2D eigenvalue weighted by molar-refractivity contribution is 0.0946. The van der Waals surface area contributed by atoms with Gasteiger partial charge in [-0.1, -0.05) is 12.1 Å². The number of carbonyl (C=O) groups is 1. The van der Waals surface area contributed by atoms with Crippen LogP contribution in [0.5, 0.6) is 0 Å². The third kappa shape index (κ3) is 4.11. The second-order valence-corrected chi connectivity index (χ2v) is 5.21. The zero-order valence-electron chi connectivity index (χ0n) is 10.8. The lowest BCUT2D eigenvalue weighted by atomic mass is 10.1. The lowest BCUT2D eigenvalue weighted by Gasteiger charge is -2.00. The average molecular weight is 294 g/mol. The number of hydrogen-bond donors (Lipinski definition) is 2. The zero-order valence-corrected chi connectivity index (χ0v) is 11.6. The highest BCUT2D eigenvalue weighted by atomic mass is 32.1. The average Bonchev–Trinajstić information content (AvgIpc) is 2.87. The molecule has 0 atom stereocenters. The van der Waals surface area contributed by atoms with E-state index < -0.39 is 0 Å². The fourth-order valence-corrected chi connectivity index (χ4v) is 2.50. The molecule has 0 saturated heterocycles. The summed E-state index contributed by atoms with van der Waals surface area (Å²) >= 11 is 1.37. The summed E-state index contributed by atoms with van der Waals surface area (Å²) in [5, 5.41) is 13.8. The molecule has 0 saturated carbocycles. The van der Waals surface area contributed by atoms with Gasteiger partial charge < -0.3 is 10.4 Å². The molecule has 0 bridgehead atoms. The van der Waals surface area contributed by atoms with E-state index in [4.69, 9.17) is 5.11 Å². The van der Waals surface area contributed by atoms with Gasteiger partial charge in [-0.15, -0.1) is 11.3 Å². The highest BCUT2D eigenvalue weighted by Gasteiger charge is 2.10. The molecule has 0 aliphatic rings. The van der Waals surface area contributed by atoms with Gasteiger partial charge in [-0.05, 0) is 24.1 Å². The number of aliphatic hydroxyl groups excluding tert-OH is 1. The number of hydrogen-bond acceptors (Lipinski definition) is 4. The van der Waals surface area contributed by atoms with E-state index in [1.807, 2.05) is 6.07 Å². The van der Waals surface area contributed by atoms with Gasteiger partial charge in [0, 0.05) is 25.0 Å². The number of nitrogens with zero attached hydrogens (tertiary/aromatic N) is 1. The quantitative estimate of drug-likeness (QED) is 0.801. The minimum Gasteiger partial charge on any atom is -0.396 e. The molecule has 0 aliphatic heterocycles. The van der Waals surface area contributed by atoms with E-state index >= 15 is 0 Å². The Kier molecular flexibility index (Phi) is 5.20. The summed E-state index contributed by atoms with van der Waals surface area (Å²) in [6, 6.07) is 6.33. The van der Waals surface area contributed by atoms with Crippen molar-refractivity contribution in [3.05, 3.63) is 51.7 Å². The van der Waals surface area contributed by atoms with E-state index in [1.54, 1.807) is 11.4 Å². The van der Waals surface area contributed by atoms with Gasteiger partial charge in [0.25, 0.3) is 5.91 Å². The van der Waals surface area contributed by atoms with Crippen molar-refractivity contribution in [2.45, 2.75) is 12.8 Å². The second-order valence-electron chi connectivity index (χ2n) is 4.27. The summed E-state index contributed by atoms with van der Waals surface area (Å²) in [4.78, 5) is 16.0. The van der Waals surface area contributed by atoms with Gasteiger partial charge >= 0.3 is 0 Å². The highest BCUT2D eigenvalue weighted by Crippen LogP contribution is 2.15. The van der Waals surface area contributed by atoms with Crippen LogP contribution in [-0.2, 0) is 6.42 Å². The largest absolute Gasteiger partial charge is 0.396 e. The molecule has 1 aromatic heterocycles. The molecule has 0 fully saturated rings. The number of aromatic nitrogens is 1. The molecule has 106 valence electrons. The number of benzene rings is 1. The Hall–Kier alpha value is -1.79. The Bertz CT molecular complexity index is 586. The van der Waals surface area contributed by atoms with Crippen molar-refractivity contribution in [2.75, 3.05) is 13.2 Å². The molecule has 1 amide bonds. The SMILES string of the molecule is O=C(NCCCO)c1csc(Cc2cccc(F)c2)n1. The monoisotopic (exact) mass is 294 g/mol. The molecule has 2 N–H and O–H groups in total. The standard InChI is InChI=1S/C14H15FN2O2S/c15-11-4-1-3-10(7-11)8-13-17-12(9-20-13)14(19)16-5-2-6-18/h1,3-4,7,9,18H,2,5-6,8H2,(H,16,19). The molecule has 20 heavy (non-hydrogen) atoms. The Morgan fingerprint density at radius 3 is 3.05 bits per heavy atom. The van der Waals surface area contributed by atoms with Gasteiger partial charge in [-0.25, -0.2) is 9.37 Å². The van der Waals surface area contributed by atoms with Gasteiger partial charge in [0.05, 0.1) is 5.01 Å². The third-order valence-corrected chi connectivity index (χ3v) is 3.50. The van der Waals surface area contributed by atoms with Gasteiger partial charge in [0.2, 0.25) is 0 Å². The van der Waals surface area contributed by atoms with Gasteiger partial charge in [-0.3, -0.25) is 4.79 Å². The Labute approximate surface area is 120 Å². The molecule has 1 aromatic carbocycles. The molecule has 0 spiro atoms. The Balaban J connectivity index is 1.96. The number of amides is 1. The first-order valence-electron chi connectivity index (χ1n) is 6.27. The first kappa shape index (κ1) is 14.6. The van der Waals surface area contributed by atoms with Crippen LogP contribution in [0.25, 0.3) is 0 Å². The maximum absolute atomic E-state index is 13.1. The number of thiazole rings is 1. The third-order valence-electron chi connectivity index (χ3n) is 2.65. The number of carbonyl (C=O) groups excluding carboxylic acids is 1. The van der Waals surface area contributed by atoms with Crippen molar-refractivity contribution in [2.24, 2.45) is 0 Å². The van der Waals surface area contributed by atoms with Gasteiger partial charge in [0.1, 0.15) is 11.5 Å². The summed E-state index contributed by atoms with van der Waals surface area (Å²) in [6.07, 6.45) is 1.03. The maximum Gasteiger partial charge on any atom is 0.270 e. The van der Waals surface area contributed by atoms with E-state index in [0.29, 0.717) is 25.1 Å². The molecule has 0 radical (unpaired) electrons. The van der Waals surface area contributed by atoms with Crippen molar-refractivity contribution >= 4 is 17.2 Å². The van der Waals surface area contributed by atoms with Gasteiger partial charge in [0.15, 0.2) is 0 Å². The maximum atomic E-state index is 13.1. The van der Waals surface area contributed by atoms with Crippen LogP contribution in [0.2, 0.25) is 0 Å². The van der Waals surface area contributed by atoms with E-state index in [9.17, 15) is 9.18 Å². The van der Waals surface area contributed by atoms with Crippen molar-refractivity contribution < 1.29 is 14.3 Å². The fourth-order valence-electron chi connectivity index (χ4n) is 1.69.